The van der Waals surface area contributed by atoms with Crippen LogP contribution in [0.25, 0.3) is 0 Å². The van der Waals surface area contributed by atoms with Crippen molar-refractivity contribution in [2.24, 2.45) is 5.41 Å². The zero-order valence-electron chi connectivity index (χ0n) is 9.45. The average Bonchev–Trinajstić information content (AvgIpc) is 2.33. The average molecular weight is 218 g/mol. The number of carbonyl (C=O) groups excluding carboxylic acids is 2. The fraction of sp³-hybridized carbons (Fsp3) is 0.385. The van der Waals surface area contributed by atoms with Crippen LogP contribution in [0, 0.1) is 5.41 Å². The minimum absolute atomic E-state index is 0.124. The topological polar surface area (TPSA) is 43.4 Å². The van der Waals surface area contributed by atoms with Crippen LogP contribution in [0.1, 0.15) is 29.3 Å². The highest BCUT2D eigenvalue weighted by atomic mass is 16.5. The summed E-state index contributed by atoms with van der Waals surface area (Å²) in [4.78, 5) is 23.9. The molecule has 0 heterocycles. The van der Waals surface area contributed by atoms with Crippen LogP contribution in [0.4, 0.5) is 0 Å². The number of hydrogen-bond donors (Lipinski definition) is 0. The molecule has 0 amide bonds. The van der Waals surface area contributed by atoms with Crippen LogP contribution in [-0.4, -0.2) is 18.9 Å². The number of carbonyl (C=O) groups is 2. The van der Waals surface area contributed by atoms with E-state index in [2.05, 4.69) is 0 Å². The molecule has 1 aromatic rings. The maximum Gasteiger partial charge on any atom is 0.319 e. The largest absolute Gasteiger partial charge is 0.468 e. The molecule has 0 saturated heterocycles. The summed E-state index contributed by atoms with van der Waals surface area (Å²) >= 11 is 0. The molecule has 0 aliphatic heterocycles. The molecular weight excluding hydrogens is 204 g/mol. The zero-order valence-corrected chi connectivity index (χ0v) is 9.45. The number of benzene rings is 1. The first-order valence-electron chi connectivity index (χ1n) is 5.31. The number of aryl methyl sites for hydroxylation is 1. The number of esters is 1. The van der Waals surface area contributed by atoms with Gasteiger partial charge in [-0.25, -0.2) is 0 Å². The monoisotopic (exact) mass is 218 g/mol. The van der Waals surface area contributed by atoms with Gasteiger partial charge in [-0.05, 0) is 25.3 Å². The maximum atomic E-state index is 12.2. The lowest BCUT2D eigenvalue weighted by Crippen LogP contribution is -2.41. The van der Waals surface area contributed by atoms with Crippen LogP contribution in [-0.2, 0) is 16.0 Å². The standard InChI is InChI=1S/C13H14O3/c1-13(12(15)16-2)8-7-9-5-3-4-6-10(9)11(13)14/h3-6H,7-8H2,1-2H3/t13-/m1/s1. The fourth-order valence-electron chi connectivity index (χ4n) is 2.18. The SMILES string of the molecule is COC(=O)[C@]1(C)CCc2ccccc2C1=O. The van der Waals surface area contributed by atoms with E-state index >= 15 is 0 Å². The van der Waals surface area contributed by atoms with E-state index in [1.165, 1.54) is 7.11 Å². The van der Waals surface area contributed by atoms with E-state index in [1.807, 2.05) is 18.2 Å². The van der Waals surface area contributed by atoms with Gasteiger partial charge in [0.25, 0.3) is 0 Å². The number of hydrogen-bond acceptors (Lipinski definition) is 3. The summed E-state index contributed by atoms with van der Waals surface area (Å²) in [6.07, 6.45) is 1.27. The summed E-state index contributed by atoms with van der Waals surface area (Å²) in [5.41, 5.74) is 0.666. The molecule has 2 rings (SSSR count). The van der Waals surface area contributed by atoms with E-state index in [9.17, 15) is 9.59 Å². The molecule has 0 saturated carbocycles. The van der Waals surface area contributed by atoms with E-state index in [1.54, 1.807) is 13.0 Å². The highest BCUT2D eigenvalue weighted by molar-refractivity contribution is 6.13. The molecule has 3 nitrogen and oxygen atoms in total. The number of ketones is 1. The van der Waals surface area contributed by atoms with E-state index in [0.717, 1.165) is 12.0 Å². The number of methoxy groups -OCH3 is 1. The van der Waals surface area contributed by atoms with Crippen molar-refractivity contribution in [3.8, 4) is 0 Å². The Balaban J connectivity index is 2.45. The molecule has 0 unspecified atom stereocenters. The number of ether oxygens (including phenoxy) is 1. The third-order valence-electron chi connectivity index (χ3n) is 3.29. The second-order valence-corrected chi connectivity index (χ2v) is 4.31. The highest BCUT2D eigenvalue weighted by Crippen LogP contribution is 2.35. The molecule has 3 heteroatoms. The van der Waals surface area contributed by atoms with Gasteiger partial charge in [0.1, 0.15) is 5.41 Å². The van der Waals surface area contributed by atoms with Crippen LogP contribution in [0.15, 0.2) is 24.3 Å². The Morgan fingerprint density at radius 1 is 1.38 bits per heavy atom. The first-order chi connectivity index (χ1) is 7.59. The molecule has 0 aromatic heterocycles. The van der Waals surface area contributed by atoms with Crippen molar-refractivity contribution in [3.63, 3.8) is 0 Å². The number of Topliss-reactive ketones (excluding diaryl/α,β-unsaturated/α-hetero) is 1. The third kappa shape index (κ3) is 1.43. The van der Waals surface area contributed by atoms with Gasteiger partial charge in [-0.3, -0.25) is 9.59 Å². The first-order valence-corrected chi connectivity index (χ1v) is 5.31. The molecule has 0 N–H and O–H groups in total. The predicted octanol–water partition coefficient (Wildman–Crippen LogP) is 1.99. The van der Waals surface area contributed by atoms with Crippen LogP contribution in [0.3, 0.4) is 0 Å². The molecule has 16 heavy (non-hydrogen) atoms. The first kappa shape index (κ1) is 10.9. The van der Waals surface area contributed by atoms with Crippen molar-refractivity contribution >= 4 is 11.8 Å². The highest BCUT2D eigenvalue weighted by Gasteiger charge is 2.45. The van der Waals surface area contributed by atoms with E-state index < -0.39 is 11.4 Å². The van der Waals surface area contributed by atoms with Crippen molar-refractivity contribution in [2.75, 3.05) is 7.11 Å². The van der Waals surface area contributed by atoms with Gasteiger partial charge in [0.2, 0.25) is 0 Å². The van der Waals surface area contributed by atoms with Gasteiger partial charge in [-0.2, -0.15) is 0 Å². The van der Waals surface area contributed by atoms with E-state index in [-0.39, 0.29) is 5.78 Å². The van der Waals surface area contributed by atoms with Crippen LogP contribution in [0.5, 0.6) is 0 Å². The Morgan fingerprint density at radius 2 is 2.06 bits per heavy atom. The van der Waals surface area contributed by atoms with Gasteiger partial charge >= 0.3 is 5.97 Å². The van der Waals surface area contributed by atoms with E-state index in [0.29, 0.717) is 12.0 Å². The molecule has 0 spiro atoms. The normalized spacial score (nSPS) is 23.8. The van der Waals surface area contributed by atoms with Gasteiger partial charge in [0, 0.05) is 5.56 Å². The minimum atomic E-state index is -1.01. The predicted molar refractivity (Wildman–Crippen MR) is 59.2 cm³/mol. The van der Waals surface area contributed by atoms with Crippen molar-refractivity contribution in [1.82, 2.24) is 0 Å². The van der Waals surface area contributed by atoms with Gasteiger partial charge in [0.15, 0.2) is 5.78 Å². The maximum absolute atomic E-state index is 12.2. The lowest BCUT2D eigenvalue weighted by atomic mass is 9.72. The lowest BCUT2D eigenvalue weighted by Gasteiger charge is -2.30. The number of rotatable bonds is 1. The van der Waals surface area contributed by atoms with Crippen molar-refractivity contribution < 1.29 is 14.3 Å². The van der Waals surface area contributed by atoms with Crippen LogP contribution < -0.4 is 0 Å². The lowest BCUT2D eigenvalue weighted by molar-refractivity contribution is -0.149. The summed E-state index contributed by atoms with van der Waals surface area (Å²) in [6, 6.07) is 7.44. The van der Waals surface area contributed by atoms with Gasteiger partial charge in [-0.15, -0.1) is 0 Å². The molecular formula is C13H14O3. The van der Waals surface area contributed by atoms with Crippen molar-refractivity contribution in [1.29, 1.82) is 0 Å². The molecule has 1 aromatic carbocycles. The van der Waals surface area contributed by atoms with Gasteiger partial charge < -0.3 is 4.74 Å². The minimum Gasteiger partial charge on any atom is -0.468 e. The fourth-order valence-corrected chi connectivity index (χ4v) is 2.18. The van der Waals surface area contributed by atoms with E-state index in [4.69, 9.17) is 4.74 Å². The second kappa shape index (κ2) is 3.74. The Labute approximate surface area is 94.4 Å². The Hall–Kier alpha value is -1.64. The summed E-state index contributed by atoms with van der Waals surface area (Å²) in [6.45, 7) is 1.66. The van der Waals surface area contributed by atoms with Gasteiger partial charge in [0.05, 0.1) is 7.11 Å². The summed E-state index contributed by atoms with van der Waals surface area (Å²) < 4.78 is 4.72. The Bertz CT molecular complexity index is 450. The third-order valence-corrected chi connectivity index (χ3v) is 3.29. The number of fused-ring (bicyclic) bond motifs is 1. The summed E-state index contributed by atoms with van der Waals surface area (Å²) in [7, 11) is 1.32. The van der Waals surface area contributed by atoms with Crippen LogP contribution >= 0.6 is 0 Å². The van der Waals surface area contributed by atoms with Gasteiger partial charge in [-0.1, -0.05) is 24.3 Å². The smallest absolute Gasteiger partial charge is 0.319 e. The molecule has 1 aliphatic rings. The quantitative estimate of drug-likeness (QED) is 0.535. The molecule has 84 valence electrons. The summed E-state index contributed by atoms with van der Waals surface area (Å²) in [5, 5.41) is 0. The molecule has 1 atom stereocenters. The molecule has 0 radical (unpaired) electrons. The van der Waals surface area contributed by atoms with Crippen molar-refractivity contribution in [3.05, 3.63) is 35.4 Å². The second-order valence-electron chi connectivity index (χ2n) is 4.31. The Morgan fingerprint density at radius 3 is 2.75 bits per heavy atom. The van der Waals surface area contributed by atoms with Crippen molar-refractivity contribution in [2.45, 2.75) is 19.8 Å². The zero-order chi connectivity index (χ0) is 11.8. The molecule has 0 fully saturated rings. The Kier molecular flexibility index (Phi) is 2.54. The summed E-state index contributed by atoms with van der Waals surface area (Å²) in [5.74, 6) is -0.562. The molecule has 1 aliphatic carbocycles. The van der Waals surface area contributed by atoms with Crippen LogP contribution in [0.2, 0.25) is 0 Å². The molecule has 0 bridgehead atoms.